The van der Waals surface area contributed by atoms with Crippen LogP contribution in [0.4, 0.5) is 4.39 Å². The maximum absolute atomic E-state index is 13.0. The molecule has 0 saturated heterocycles. The summed E-state index contributed by atoms with van der Waals surface area (Å²) in [6, 6.07) is 15.4. The Balaban J connectivity index is 2.00. The number of aromatic amines is 1. The molecular formula is C16H13FN2O. The highest BCUT2D eigenvalue weighted by Gasteiger charge is 2.17. The van der Waals surface area contributed by atoms with Crippen molar-refractivity contribution < 1.29 is 9.50 Å². The smallest absolute Gasteiger partial charge is 0.123 e. The maximum Gasteiger partial charge on any atom is 0.123 e. The van der Waals surface area contributed by atoms with Crippen molar-refractivity contribution in [3.05, 3.63) is 77.7 Å². The highest BCUT2D eigenvalue weighted by atomic mass is 19.1. The Morgan fingerprint density at radius 1 is 1.00 bits per heavy atom. The van der Waals surface area contributed by atoms with Gasteiger partial charge < -0.3 is 5.11 Å². The summed E-state index contributed by atoms with van der Waals surface area (Å²) in [5.74, 6) is -0.293. The Hall–Kier alpha value is -2.46. The molecule has 20 heavy (non-hydrogen) atoms. The van der Waals surface area contributed by atoms with Crippen LogP contribution in [-0.4, -0.2) is 15.3 Å². The van der Waals surface area contributed by atoms with Crippen LogP contribution in [-0.2, 0) is 0 Å². The van der Waals surface area contributed by atoms with E-state index in [4.69, 9.17) is 0 Å². The third kappa shape index (κ3) is 2.33. The van der Waals surface area contributed by atoms with Crippen molar-refractivity contribution in [3.63, 3.8) is 0 Å². The van der Waals surface area contributed by atoms with Crippen LogP contribution < -0.4 is 0 Å². The summed E-state index contributed by atoms with van der Waals surface area (Å²) >= 11 is 0. The van der Waals surface area contributed by atoms with Gasteiger partial charge in [0.05, 0.1) is 11.9 Å². The molecule has 1 unspecified atom stereocenters. The predicted octanol–water partition coefficient (Wildman–Crippen LogP) is 3.30. The van der Waals surface area contributed by atoms with Crippen molar-refractivity contribution in [2.24, 2.45) is 0 Å². The third-order valence-electron chi connectivity index (χ3n) is 3.21. The number of H-pyrrole nitrogens is 1. The van der Waals surface area contributed by atoms with E-state index in [0.29, 0.717) is 11.3 Å². The van der Waals surface area contributed by atoms with Crippen molar-refractivity contribution in [1.29, 1.82) is 0 Å². The Labute approximate surface area is 115 Å². The zero-order valence-corrected chi connectivity index (χ0v) is 10.6. The molecule has 2 aromatic carbocycles. The Morgan fingerprint density at radius 3 is 2.40 bits per heavy atom. The largest absolute Gasteiger partial charge is 0.384 e. The average Bonchev–Trinajstić information content (AvgIpc) is 2.97. The molecule has 0 saturated carbocycles. The Bertz CT molecular complexity index is 692. The monoisotopic (exact) mass is 268 g/mol. The summed E-state index contributed by atoms with van der Waals surface area (Å²) in [5.41, 5.74) is 2.94. The van der Waals surface area contributed by atoms with Crippen molar-refractivity contribution in [1.82, 2.24) is 10.2 Å². The molecule has 1 atom stereocenters. The lowest BCUT2D eigenvalue weighted by molar-refractivity contribution is 0.221. The molecule has 4 heteroatoms. The number of benzene rings is 2. The fourth-order valence-electron chi connectivity index (χ4n) is 2.17. The van der Waals surface area contributed by atoms with Gasteiger partial charge in [-0.05, 0) is 29.8 Å². The molecule has 0 fully saturated rings. The molecular weight excluding hydrogens is 255 g/mol. The summed E-state index contributed by atoms with van der Waals surface area (Å²) in [4.78, 5) is 0. The molecule has 3 aromatic rings. The van der Waals surface area contributed by atoms with Crippen LogP contribution in [0.2, 0.25) is 0 Å². The van der Waals surface area contributed by atoms with Crippen LogP contribution in [0.3, 0.4) is 0 Å². The highest BCUT2D eigenvalue weighted by molar-refractivity contribution is 5.63. The van der Waals surface area contributed by atoms with Crippen LogP contribution in [0, 0.1) is 5.82 Å². The van der Waals surface area contributed by atoms with Gasteiger partial charge in [-0.25, -0.2) is 4.39 Å². The summed E-state index contributed by atoms with van der Waals surface area (Å²) in [5, 5.41) is 17.3. The minimum absolute atomic E-state index is 0.293. The number of aliphatic hydroxyl groups excluding tert-OH is 1. The zero-order valence-electron chi connectivity index (χ0n) is 10.6. The molecule has 0 spiro atoms. The number of rotatable bonds is 3. The van der Waals surface area contributed by atoms with E-state index in [2.05, 4.69) is 10.2 Å². The second-order valence-electron chi connectivity index (χ2n) is 4.52. The second kappa shape index (κ2) is 5.27. The molecule has 100 valence electrons. The van der Waals surface area contributed by atoms with Crippen molar-refractivity contribution in [3.8, 4) is 11.3 Å². The quantitative estimate of drug-likeness (QED) is 0.765. The second-order valence-corrected chi connectivity index (χ2v) is 4.52. The lowest BCUT2D eigenvalue weighted by Crippen LogP contribution is -2.00. The number of nitrogens with one attached hydrogen (secondary N) is 1. The maximum atomic E-state index is 13.0. The van der Waals surface area contributed by atoms with Gasteiger partial charge >= 0.3 is 0 Å². The lowest BCUT2D eigenvalue weighted by atomic mass is 9.99. The number of nitrogens with zero attached hydrogens (tertiary/aromatic N) is 1. The van der Waals surface area contributed by atoms with Crippen LogP contribution in [0.25, 0.3) is 11.3 Å². The highest BCUT2D eigenvalue weighted by Crippen LogP contribution is 2.29. The van der Waals surface area contributed by atoms with E-state index in [1.807, 2.05) is 30.3 Å². The van der Waals surface area contributed by atoms with Gasteiger partial charge in [0.2, 0.25) is 0 Å². The molecule has 0 radical (unpaired) electrons. The van der Waals surface area contributed by atoms with Gasteiger partial charge in [-0.2, -0.15) is 5.10 Å². The van der Waals surface area contributed by atoms with E-state index in [-0.39, 0.29) is 5.82 Å². The molecule has 1 heterocycles. The van der Waals surface area contributed by atoms with Gasteiger partial charge in [-0.15, -0.1) is 0 Å². The van der Waals surface area contributed by atoms with E-state index in [1.54, 1.807) is 18.3 Å². The molecule has 0 aliphatic carbocycles. The number of aliphatic hydroxyl groups is 1. The zero-order chi connectivity index (χ0) is 13.9. The Morgan fingerprint density at radius 2 is 1.70 bits per heavy atom. The van der Waals surface area contributed by atoms with E-state index < -0.39 is 6.10 Å². The normalized spacial score (nSPS) is 12.3. The molecule has 0 aliphatic heterocycles. The minimum Gasteiger partial charge on any atom is -0.384 e. The SMILES string of the molecule is OC(c1ccccc1)c1cn[nH]c1-c1ccc(F)cc1. The molecule has 1 aromatic heterocycles. The van der Waals surface area contributed by atoms with Gasteiger partial charge in [-0.3, -0.25) is 5.10 Å². The fourth-order valence-corrected chi connectivity index (χ4v) is 2.17. The first-order chi connectivity index (χ1) is 9.75. The van der Waals surface area contributed by atoms with E-state index >= 15 is 0 Å². The number of hydrogen-bond acceptors (Lipinski definition) is 2. The van der Waals surface area contributed by atoms with Gasteiger partial charge in [0.25, 0.3) is 0 Å². The summed E-state index contributed by atoms with van der Waals surface area (Å²) in [6.07, 6.45) is 0.825. The molecule has 0 amide bonds. The van der Waals surface area contributed by atoms with E-state index in [9.17, 15) is 9.50 Å². The van der Waals surface area contributed by atoms with Crippen LogP contribution in [0.5, 0.6) is 0 Å². The average molecular weight is 268 g/mol. The van der Waals surface area contributed by atoms with E-state index in [1.165, 1.54) is 12.1 Å². The first-order valence-electron chi connectivity index (χ1n) is 6.28. The van der Waals surface area contributed by atoms with Crippen molar-refractivity contribution in [2.45, 2.75) is 6.10 Å². The summed E-state index contributed by atoms with van der Waals surface area (Å²) in [7, 11) is 0. The van der Waals surface area contributed by atoms with Crippen LogP contribution >= 0.6 is 0 Å². The van der Waals surface area contributed by atoms with Gasteiger partial charge in [-0.1, -0.05) is 30.3 Å². The van der Waals surface area contributed by atoms with Crippen molar-refractivity contribution in [2.75, 3.05) is 0 Å². The topological polar surface area (TPSA) is 48.9 Å². The molecule has 3 rings (SSSR count). The third-order valence-corrected chi connectivity index (χ3v) is 3.21. The van der Waals surface area contributed by atoms with Gasteiger partial charge in [0.15, 0.2) is 0 Å². The van der Waals surface area contributed by atoms with Crippen molar-refractivity contribution >= 4 is 0 Å². The first-order valence-corrected chi connectivity index (χ1v) is 6.28. The number of aromatic nitrogens is 2. The fraction of sp³-hybridized carbons (Fsp3) is 0.0625. The first kappa shape index (κ1) is 12.6. The molecule has 0 bridgehead atoms. The summed E-state index contributed by atoms with van der Waals surface area (Å²) in [6.45, 7) is 0. The lowest BCUT2D eigenvalue weighted by Gasteiger charge is -2.11. The predicted molar refractivity (Wildman–Crippen MR) is 74.5 cm³/mol. The van der Waals surface area contributed by atoms with Crippen LogP contribution in [0.15, 0.2) is 60.8 Å². The van der Waals surface area contributed by atoms with Crippen LogP contribution in [0.1, 0.15) is 17.2 Å². The van der Waals surface area contributed by atoms with E-state index in [0.717, 1.165) is 11.1 Å². The molecule has 0 aliphatic rings. The number of hydrogen-bond donors (Lipinski definition) is 2. The molecule has 3 nitrogen and oxygen atoms in total. The summed E-state index contributed by atoms with van der Waals surface area (Å²) < 4.78 is 13.0. The molecule has 2 N–H and O–H groups in total. The Kier molecular flexibility index (Phi) is 3.31. The van der Waals surface area contributed by atoms with Gasteiger partial charge in [0, 0.05) is 11.1 Å². The number of halogens is 1. The standard InChI is InChI=1S/C16H13FN2O/c17-13-8-6-11(7-9-13)15-14(10-18-19-15)16(20)12-4-2-1-3-5-12/h1-10,16,20H,(H,18,19). The minimum atomic E-state index is -0.769. The van der Waals surface area contributed by atoms with Gasteiger partial charge in [0.1, 0.15) is 11.9 Å².